The standard InChI is InChI=1S/C12H25N3O2/c1-9(6-7-13)11(17)15(5)8-10(16)14-12(2,3)4/h9H,6-8,13H2,1-5H3,(H,14,16). The van der Waals surface area contributed by atoms with E-state index in [1.54, 1.807) is 7.05 Å². The van der Waals surface area contributed by atoms with E-state index in [-0.39, 0.29) is 29.8 Å². The third kappa shape index (κ3) is 6.94. The SMILES string of the molecule is CC(CCN)C(=O)N(C)CC(=O)NC(C)(C)C. The van der Waals surface area contributed by atoms with Gasteiger partial charge in [-0.15, -0.1) is 0 Å². The Balaban J connectivity index is 4.21. The van der Waals surface area contributed by atoms with Crippen molar-refractivity contribution in [2.45, 2.75) is 39.7 Å². The van der Waals surface area contributed by atoms with Crippen molar-refractivity contribution in [1.29, 1.82) is 0 Å². The highest BCUT2D eigenvalue weighted by Gasteiger charge is 2.20. The van der Waals surface area contributed by atoms with Crippen LogP contribution in [0.2, 0.25) is 0 Å². The smallest absolute Gasteiger partial charge is 0.240 e. The van der Waals surface area contributed by atoms with Crippen molar-refractivity contribution in [2.24, 2.45) is 11.7 Å². The van der Waals surface area contributed by atoms with Crippen LogP contribution in [0, 0.1) is 5.92 Å². The fraction of sp³-hybridized carbons (Fsp3) is 0.833. The lowest BCUT2D eigenvalue weighted by Crippen LogP contribution is -2.47. The summed E-state index contributed by atoms with van der Waals surface area (Å²) in [4.78, 5) is 24.9. The zero-order valence-electron chi connectivity index (χ0n) is 11.5. The number of nitrogens with two attached hydrogens (primary N) is 1. The zero-order valence-corrected chi connectivity index (χ0v) is 11.5. The van der Waals surface area contributed by atoms with E-state index in [1.807, 2.05) is 27.7 Å². The van der Waals surface area contributed by atoms with Crippen molar-refractivity contribution < 1.29 is 9.59 Å². The van der Waals surface area contributed by atoms with E-state index in [4.69, 9.17) is 5.73 Å². The topological polar surface area (TPSA) is 75.4 Å². The Hall–Kier alpha value is -1.10. The van der Waals surface area contributed by atoms with Gasteiger partial charge in [-0.3, -0.25) is 9.59 Å². The molecule has 5 nitrogen and oxygen atoms in total. The van der Waals surface area contributed by atoms with Gasteiger partial charge in [0.15, 0.2) is 0 Å². The van der Waals surface area contributed by atoms with Gasteiger partial charge in [-0.2, -0.15) is 0 Å². The molecule has 1 atom stereocenters. The van der Waals surface area contributed by atoms with Crippen LogP contribution in [0.5, 0.6) is 0 Å². The zero-order chi connectivity index (χ0) is 13.6. The number of hydrogen-bond donors (Lipinski definition) is 2. The van der Waals surface area contributed by atoms with Gasteiger partial charge in [-0.05, 0) is 33.7 Å². The Kier molecular flexibility index (Phi) is 6.16. The molecule has 0 aromatic rings. The highest BCUT2D eigenvalue weighted by Crippen LogP contribution is 2.05. The predicted molar refractivity (Wildman–Crippen MR) is 68.4 cm³/mol. The summed E-state index contributed by atoms with van der Waals surface area (Å²) < 4.78 is 0. The van der Waals surface area contributed by atoms with Gasteiger partial charge in [0.2, 0.25) is 11.8 Å². The van der Waals surface area contributed by atoms with E-state index >= 15 is 0 Å². The Morgan fingerprint density at radius 1 is 1.35 bits per heavy atom. The third-order valence-electron chi connectivity index (χ3n) is 2.29. The van der Waals surface area contributed by atoms with Gasteiger partial charge < -0.3 is 16.0 Å². The van der Waals surface area contributed by atoms with Crippen LogP contribution in [0.1, 0.15) is 34.1 Å². The molecule has 2 amide bonds. The van der Waals surface area contributed by atoms with Crippen LogP contribution >= 0.6 is 0 Å². The molecule has 0 aliphatic carbocycles. The van der Waals surface area contributed by atoms with Gasteiger partial charge in [-0.1, -0.05) is 6.92 Å². The molecule has 0 aliphatic rings. The lowest BCUT2D eigenvalue weighted by Gasteiger charge is -2.24. The fourth-order valence-corrected chi connectivity index (χ4v) is 1.50. The quantitative estimate of drug-likeness (QED) is 0.731. The number of carbonyl (C=O) groups is 2. The molecule has 0 aromatic heterocycles. The molecule has 0 bridgehead atoms. The van der Waals surface area contributed by atoms with E-state index in [1.165, 1.54) is 4.90 Å². The van der Waals surface area contributed by atoms with Gasteiger partial charge in [0.1, 0.15) is 0 Å². The highest BCUT2D eigenvalue weighted by atomic mass is 16.2. The summed E-state index contributed by atoms with van der Waals surface area (Å²) in [6.07, 6.45) is 0.643. The van der Waals surface area contributed by atoms with Crippen LogP contribution in [0.25, 0.3) is 0 Å². The summed E-state index contributed by atoms with van der Waals surface area (Å²) in [5.74, 6) is -0.319. The second-order valence-corrected chi connectivity index (χ2v) is 5.47. The van der Waals surface area contributed by atoms with E-state index in [0.717, 1.165) is 0 Å². The van der Waals surface area contributed by atoms with Crippen molar-refractivity contribution in [3.05, 3.63) is 0 Å². The molecule has 0 saturated heterocycles. The molecule has 0 fully saturated rings. The maximum Gasteiger partial charge on any atom is 0.240 e. The van der Waals surface area contributed by atoms with E-state index in [2.05, 4.69) is 5.32 Å². The normalized spacial score (nSPS) is 13.1. The summed E-state index contributed by atoms with van der Waals surface area (Å²) in [7, 11) is 1.64. The van der Waals surface area contributed by atoms with Gasteiger partial charge in [0, 0.05) is 18.5 Å². The molecule has 0 saturated carbocycles. The molecular weight excluding hydrogens is 218 g/mol. The first-order chi connectivity index (χ1) is 7.67. The first-order valence-electron chi connectivity index (χ1n) is 5.93. The minimum atomic E-state index is -0.274. The Bertz CT molecular complexity index is 271. The summed E-state index contributed by atoms with van der Waals surface area (Å²) in [6.45, 7) is 8.12. The van der Waals surface area contributed by atoms with Crippen LogP contribution < -0.4 is 11.1 Å². The maximum absolute atomic E-state index is 11.8. The summed E-state index contributed by atoms with van der Waals surface area (Å²) in [6, 6.07) is 0. The average Bonchev–Trinajstić information content (AvgIpc) is 2.13. The minimum absolute atomic E-state index is 0.0421. The first kappa shape index (κ1) is 15.9. The van der Waals surface area contributed by atoms with Crippen LogP contribution in [0.15, 0.2) is 0 Å². The second kappa shape index (κ2) is 6.59. The van der Waals surface area contributed by atoms with E-state index in [0.29, 0.717) is 13.0 Å². The van der Waals surface area contributed by atoms with E-state index in [9.17, 15) is 9.59 Å². The molecular formula is C12H25N3O2. The predicted octanol–water partition coefficient (Wildman–Crippen LogP) is 0.344. The largest absolute Gasteiger partial charge is 0.350 e. The maximum atomic E-state index is 11.8. The van der Waals surface area contributed by atoms with Gasteiger partial charge >= 0.3 is 0 Å². The number of hydrogen-bond acceptors (Lipinski definition) is 3. The molecule has 0 radical (unpaired) electrons. The van der Waals surface area contributed by atoms with Crippen molar-refractivity contribution in [3.8, 4) is 0 Å². The molecule has 0 spiro atoms. The monoisotopic (exact) mass is 243 g/mol. The lowest BCUT2D eigenvalue weighted by molar-refractivity contribution is -0.138. The van der Waals surface area contributed by atoms with Gasteiger partial charge in [-0.25, -0.2) is 0 Å². The van der Waals surface area contributed by atoms with Crippen LogP contribution in [-0.2, 0) is 9.59 Å². The molecule has 100 valence electrons. The van der Waals surface area contributed by atoms with E-state index < -0.39 is 0 Å². The van der Waals surface area contributed by atoms with Crippen molar-refractivity contribution >= 4 is 11.8 Å². The Labute approximate surface area is 104 Å². The number of amides is 2. The molecule has 0 heterocycles. The third-order valence-corrected chi connectivity index (χ3v) is 2.29. The minimum Gasteiger partial charge on any atom is -0.350 e. The molecule has 17 heavy (non-hydrogen) atoms. The second-order valence-electron chi connectivity index (χ2n) is 5.47. The number of nitrogens with zero attached hydrogens (tertiary/aromatic N) is 1. The Morgan fingerprint density at radius 3 is 2.29 bits per heavy atom. The Morgan fingerprint density at radius 2 is 1.88 bits per heavy atom. The van der Waals surface area contributed by atoms with Crippen molar-refractivity contribution in [2.75, 3.05) is 20.1 Å². The fourth-order valence-electron chi connectivity index (χ4n) is 1.50. The summed E-state index contributed by atoms with van der Waals surface area (Å²) in [5.41, 5.74) is 5.13. The summed E-state index contributed by atoms with van der Waals surface area (Å²) in [5, 5.41) is 2.82. The van der Waals surface area contributed by atoms with Gasteiger partial charge in [0.25, 0.3) is 0 Å². The number of nitrogens with one attached hydrogen (secondary N) is 1. The lowest BCUT2D eigenvalue weighted by atomic mass is 10.1. The number of likely N-dealkylation sites (N-methyl/N-ethyl adjacent to an activating group) is 1. The molecule has 1 unspecified atom stereocenters. The summed E-state index contributed by atoms with van der Waals surface area (Å²) >= 11 is 0. The number of rotatable bonds is 5. The molecule has 5 heteroatoms. The molecule has 0 aliphatic heterocycles. The van der Waals surface area contributed by atoms with Crippen molar-refractivity contribution in [3.63, 3.8) is 0 Å². The van der Waals surface area contributed by atoms with Gasteiger partial charge in [0.05, 0.1) is 6.54 Å². The number of carbonyl (C=O) groups excluding carboxylic acids is 2. The van der Waals surface area contributed by atoms with Crippen LogP contribution in [0.3, 0.4) is 0 Å². The molecule has 0 rings (SSSR count). The molecule has 0 aromatic carbocycles. The average molecular weight is 243 g/mol. The molecule has 3 N–H and O–H groups in total. The highest BCUT2D eigenvalue weighted by molar-refractivity contribution is 5.85. The van der Waals surface area contributed by atoms with Crippen molar-refractivity contribution in [1.82, 2.24) is 10.2 Å². The first-order valence-corrected chi connectivity index (χ1v) is 5.93. The van der Waals surface area contributed by atoms with Crippen LogP contribution in [-0.4, -0.2) is 42.4 Å². The van der Waals surface area contributed by atoms with Crippen LogP contribution in [0.4, 0.5) is 0 Å².